The van der Waals surface area contributed by atoms with Crippen molar-refractivity contribution in [2.24, 2.45) is 5.73 Å². The lowest BCUT2D eigenvalue weighted by atomic mass is 10.2. The molecular weight excluding hydrogens is 180 g/mol. The van der Waals surface area contributed by atoms with E-state index in [2.05, 4.69) is 5.32 Å². The second-order valence-corrected chi connectivity index (χ2v) is 3.89. The summed E-state index contributed by atoms with van der Waals surface area (Å²) < 4.78 is 5.23. The summed E-state index contributed by atoms with van der Waals surface area (Å²) in [6, 6.07) is -0.110. The zero-order valence-electron chi connectivity index (χ0n) is 8.95. The van der Waals surface area contributed by atoms with Gasteiger partial charge in [0.25, 0.3) is 0 Å². The van der Waals surface area contributed by atoms with Crippen molar-refractivity contribution in [2.75, 3.05) is 7.11 Å². The van der Waals surface area contributed by atoms with Crippen molar-refractivity contribution in [1.82, 2.24) is 5.32 Å². The third-order valence-electron chi connectivity index (χ3n) is 2.84. The second kappa shape index (κ2) is 5.32. The molecular formula is C10H20N2O2. The van der Waals surface area contributed by atoms with E-state index in [-0.39, 0.29) is 18.0 Å². The van der Waals surface area contributed by atoms with Gasteiger partial charge < -0.3 is 15.8 Å². The molecule has 14 heavy (non-hydrogen) atoms. The molecule has 1 saturated carbocycles. The standard InChI is InChI=1S/C10H20N2O2/c1-3-9(11)10(13)12-7-4-5-8(6-7)14-2/h7-9H,3-6,11H2,1-2H3,(H,12,13)/t7?,8?,9-/m1/s1. The summed E-state index contributed by atoms with van der Waals surface area (Å²) in [6.45, 7) is 1.91. The Morgan fingerprint density at radius 2 is 2.36 bits per heavy atom. The Hall–Kier alpha value is -0.610. The predicted octanol–water partition coefficient (Wildman–Crippen LogP) is 0.407. The van der Waals surface area contributed by atoms with Gasteiger partial charge in [-0.2, -0.15) is 0 Å². The van der Waals surface area contributed by atoms with Crippen molar-refractivity contribution >= 4 is 5.91 Å². The van der Waals surface area contributed by atoms with Gasteiger partial charge in [0.05, 0.1) is 12.1 Å². The number of methoxy groups -OCH3 is 1. The third-order valence-corrected chi connectivity index (χ3v) is 2.84. The summed E-state index contributed by atoms with van der Waals surface area (Å²) in [6.07, 6.45) is 3.94. The number of carbonyl (C=O) groups is 1. The number of hydrogen-bond acceptors (Lipinski definition) is 3. The van der Waals surface area contributed by atoms with E-state index >= 15 is 0 Å². The molecule has 1 aliphatic carbocycles. The molecule has 1 rings (SSSR count). The lowest BCUT2D eigenvalue weighted by molar-refractivity contribution is -0.123. The molecule has 0 aromatic carbocycles. The molecule has 0 heterocycles. The molecule has 1 aliphatic rings. The Morgan fingerprint density at radius 3 is 2.86 bits per heavy atom. The first kappa shape index (κ1) is 11.5. The zero-order chi connectivity index (χ0) is 10.6. The molecule has 0 aromatic heterocycles. The largest absolute Gasteiger partial charge is 0.381 e. The maximum absolute atomic E-state index is 11.4. The van der Waals surface area contributed by atoms with Crippen LogP contribution < -0.4 is 11.1 Å². The van der Waals surface area contributed by atoms with E-state index < -0.39 is 0 Å². The van der Waals surface area contributed by atoms with E-state index in [0.717, 1.165) is 19.3 Å². The van der Waals surface area contributed by atoms with Gasteiger partial charge in [-0.3, -0.25) is 4.79 Å². The van der Waals surface area contributed by atoms with Crippen LogP contribution in [0, 0.1) is 0 Å². The monoisotopic (exact) mass is 200 g/mol. The number of nitrogens with one attached hydrogen (secondary N) is 1. The molecule has 0 radical (unpaired) electrons. The smallest absolute Gasteiger partial charge is 0.237 e. The lowest BCUT2D eigenvalue weighted by Crippen LogP contribution is -2.44. The minimum absolute atomic E-state index is 0.0331. The summed E-state index contributed by atoms with van der Waals surface area (Å²) in [4.78, 5) is 11.4. The van der Waals surface area contributed by atoms with Crippen LogP contribution in [0.4, 0.5) is 0 Å². The fourth-order valence-electron chi connectivity index (χ4n) is 1.78. The lowest BCUT2D eigenvalue weighted by Gasteiger charge is -2.15. The number of carbonyl (C=O) groups excluding carboxylic acids is 1. The number of amides is 1. The topological polar surface area (TPSA) is 64.4 Å². The fraction of sp³-hybridized carbons (Fsp3) is 0.900. The average Bonchev–Trinajstić information content (AvgIpc) is 2.64. The Balaban J connectivity index is 2.28. The Kier molecular flexibility index (Phi) is 4.35. The first-order chi connectivity index (χ1) is 6.67. The SMILES string of the molecule is CC[C@@H](N)C(=O)NC1CCC(OC)C1. The van der Waals surface area contributed by atoms with Crippen molar-refractivity contribution in [2.45, 2.75) is 50.8 Å². The molecule has 0 spiro atoms. The highest BCUT2D eigenvalue weighted by Crippen LogP contribution is 2.21. The first-order valence-corrected chi connectivity index (χ1v) is 5.26. The maximum Gasteiger partial charge on any atom is 0.237 e. The van der Waals surface area contributed by atoms with Crippen molar-refractivity contribution in [3.8, 4) is 0 Å². The van der Waals surface area contributed by atoms with Gasteiger partial charge in [0.1, 0.15) is 0 Å². The molecule has 3 N–H and O–H groups in total. The van der Waals surface area contributed by atoms with Gasteiger partial charge in [0.15, 0.2) is 0 Å². The van der Waals surface area contributed by atoms with Crippen LogP contribution in [-0.2, 0) is 9.53 Å². The number of rotatable bonds is 4. The highest BCUT2D eigenvalue weighted by molar-refractivity contribution is 5.81. The van der Waals surface area contributed by atoms with Crippen molar-refractivity contribution in [3.63, 3.8) is 0 Å². The Morgan fingerprint density at radius 1 is 1.64 bits per heavy atom. The highest BCUT2D eigenvalue weighted by atomic mass is 16.5. The van der Waals surface area contributed by atoms with E-state index in [1.165, 1.54) is 0 Å². The van der Waals surface area contributed by atoms with Gasteiger partial charge in [-0.1, -0.05) is 6.92 Å². The van der Waals surface area contributed by atoms with E-state index in [4.69, 9.17) is 10.5 Å². The molecule has 2 unspecified atom stereocenters. The normalized spacial score (nSPS) is 28.8. The van der Waals surface area contributed by atoms with Crippen LogP contribution in [0.2, 0.25) is 0 Å². The highest BCUT2D eigenvalue weighted by Gasteiger charge is 2.26. The van der Waals surface area contributed by atoms with Gasteiger partial charge >= 0.3 is 0 Å². The third kappa shape index (κ3) is 2.96. The van der Waals surface area contributed by atoms with E-state index in [9.17, 15) is 4.79 Å². The van der Waals surface area contributed by atoms with Crippen LogP contribution in [0.1, 0.15) is 32.6 Å². The van der Waals surface area contributed by atoms with Crippen LogP contribution in [0.25, 0.3) is 0 Å². The van der Waals surface area contributed by atoms with Crippen LogP contribution in [-0.4, -0.2) is 31.2 Å². The van der Waals surface area contributed by atoms with Gasteiger partial charge in [0.2, 0.25) is 5.91 Å². The van der Waals surface area contributed by atoms with Crippen molar-refractivity contribution in [3.05, 3.63) is 0 Å². The summed E-state index contributed by atoms with van der Waals surface area (Å²) in [5.74, 6) is -0.0331. The van der Waals surface area contributed by atoms with Crippen molar-refractivity contribution < 1.29 is 9.53 Å². The zero-order valence-corrected chi connectivity index (χ0v) is 8.95. The van der Waals surface area contributed by atoms with E-state index in [1.807, 2.05) is 6.92 Å². The second-order valence-electron chi connectivity index (χ2n) is 3.89. The molecule has 4 heteroatoms. The van der Waals surface area contributed by atoms with Gasteiger partial charge in [-0.05, 0) is 25.7 Å². The minimum Gasteiger partial charge on any atom is -0.381 e. The Bertz CT molecular complexity index is 197. The maximum atomic E-state index is 11.4. The molecule has 1 fully saturated rings. The summed E-state index contributed by atoms with van der Waals surface area (Å²) in [7, 11) is 1.71. The molecule has 0 aliphatic heterocycles. The molecule has 0 bridgehead atoms. The average molecular weight is 200 g/mol. The van der Waals surface area contributed by atoms with Gasteiger partial charge in [-0.15, -0.1) is 0 Å². The van der Waals surface area contributed by atoms with Crippen LogP contribution in [0.5, 0.6) is 0 Å². The van der Waals surface area contributed by atoms with Crippen molar-refractivity contribution in [1.29, 1.82) is 0 Å². The molecule has 4 nitrogen and oxygen atoms in total. The first-order valence-electron chi connectivity index (χ1n) is 5.26. The molecule has 0 aromatic rings. The van der Waals surface area contributed by atoms with Gasteiger partial charge in [-0.25, -0.2) is 0 Å². The van der Waals surface area contributed by atoms with Crippen LogP contribution in [0.3, 0.4) is 0 Å². The minimum atomic E-state index is -0.364. The Labute approximate surface area is 85.2 Å². The molecule has 3 atom stereocenters. The molecule has 0 saturated heterocycles. The fourth-order valence-corrected chi connectivity index (χ4v) is 1.78. The summed E-state index contributed by atoms with van der Waals surface area (Å²) >= 11 is 0. The summed E-state index contributed by atoms with van der Waals surface area (Å²) in [5, 5.41) is 2.95. The number of hydrogen-bond donors (Lipinski definition) is 2. The molecule has 82 valence electrons. The van der Waals surface area contributed by atoms with E-state index in [0.29, 0.717) is 12.5 Å². The molecule has 1 amide bonds. The number of ether oxygens (including phenoxy) is 1. The predicted molar refractivity (Wildman–Crippen MR) is 54.8 cm³/mol. The van der Waals surface area contributed by atoms with Crippen LogP contribution >= 0.6 is 0 Å². The quantitative estimate of drug-likeness (QED) is 0.690. The summed E-state index contributed by atoms with van der Waals surface area (Å²) in [5.41, 5.74) is 5.62. The van der Waals surface area contributed by atoms with Gasteiger partial charge in [0, 0.05) is 13.2 Å². The van der Waals surface area contributed by atoms with Crippen LogP contribution in [0.15, 0.2) is 0 Å². The number of nitrogens with two attached hydrogens (primary N) is 1. The van der Waals surface area contributed by atoms with E-state index in [1.54, 1.807) is 7.11 Å².